The molecule has 4 aromatic rings. The summed E-state index contributed by atoms with van der Waals surface area (Å²) >= 11 is 0. The molecule has 7 rings (SSSR count). The quantitative estimate of drug-likeness (QED) is 0.155. The second-order valence-electron chi connectivity index (χ2n) is 10.3. The van der Waals surface area contributed by atoms with Gasteiger partial charge >= 0.3 is 5.97 Å². The van der Waals surface area contributed by atoms with Crippen molar-refractivity contribution in [3.63, 3.8) is 0 Å². The molecule has 0 spiro atoms. The van der Waals surface area contributed by atoms with Gasteiger partial charge in [-0.25, -0.2) is 9.69 Å². The van der Waals surface area contributed by atoms with E-state index < -0.39 is 35.8 Å². The van der Waals surface area contributed by atoms with Gasteiger partial charge in [-0.1, -0.05) is 78.9 Å². The number of hydrogen-bond donors (Lipinski definition) is 0. The number of ketones is 1. The van der Waals surface area contributed by atoms with E-state index in [1.807, 2.05) is 53.5 Å². The van der Waals surface area contributed by atoms with Crippen LogP contribution >= 0.6 is 0 Å². The highest BCUT2D eigenvalue weighted by molar-refractivity contribution is 6.24. The van der Waals surface area contributed by atoms with Crippen LogP contribution in [0, 0.1) is 11.8 Å². The van der Waals surface area contributed by atoms with Crippen molar-refractivity contribution in [1.29, 1.82) is 0 Å². The van der Waals surface area contributed by atoms with Gasteiger partial charge in [0.05, 0.1) is 23.6 Å². The average Bonchev–Trinajstić information content (AvgIpc) is 3.50. The minimum atomic E-state index is -1.02. The number of hydrogen-bond acceptors (Lipinski definition) is 6. The number of carbonyl (C=O) groups excluding carboxylic acids is 4. The monoisotopic (exact) mass is 540 g/mol. The molecule has 2 fully saturated rings. The maximum atomic E-state index is 13.9. The van der Waals surface area contributed by atoms with E-state index in [0.29, 0.717) is 16.8 Å². The van der Waals surface area contributed by atoms with E-state index in [1.54, 1.807) is 72.8 Å². The van der Waals surface area contributed by atoms with Crippen molar-refractivity contribution < 1.29 is 23.9 Å². The molecule has 4 atom stereocenters. The maximum absolute atomic E-state index is 13.9. The molecular formula is C34H24N2O5. The van der Waals surface area contributed by atoms with Crippen LogP contribution in [0.1, 0.15) is 21.5 Å². The summed E-state index contributed by atoms with van der Waals surface area (Å²) in [5, 5.41) is 0. The fourth-order valence-electron chi connectivity index (χ4n) is 6.22. The zero-order valence-electron chi connectivity index (χ0n) is 21.8. The SMILES string of the molecule is O=C(c1ccccc1)c1ccc(OC(=O)[C@H]2[C@H]3C(=O)N(c4ccccc4)C(=O)[C@H]3[C@@H]3C=Cc4ccccc4N32)cc1. The molecule has 0 unspecified atom stereocenters. The first-order chi connectivity index (χ1) is 20.0. The number of carbonyl (C=O) groups is 4. The fraction of sp³-hybridized carbons (Fsp3) is 0.118. The summed E-state index contributed by atoms with van der Waals surface area (Å²) in [5.74, 6) is -2.94. The largest absolute Gasteiger partial charge is 0.425 e. The molecular weight excluding hydrogens is 516 g/mol. The molecule has 0 radical (unpaired) electrons. The molecule has 2 saturated heterocycles. The van der Waals surface area contributed by atoms with Crippen molar-refractivity contribution in [3.8, 4) is 5.75 Å². The van der Waals surface area contributed by atoms with Crippen LogP contribution in [-0.2, 0) is 14.4 Å². The van der Waals surface area contributed by atoms with Gasteiger partial charge in [0.25, 0.3) is 0 Å². The van der Waals surface area contributed by atoms with Crippen LogP contribution in [0.15, 0.2) is 115 Å². The van der Waals surface area contributed by atoms with Crippen LogP contribution in [-0.4, -0.2) is 35.7 Å². The van der Waals surface area contributed by atoms with Crippen molar-refractivity contribution in [3.05, 3.63) is 132 Å². The van der Waals surface area contributed by atoms with Crippen LogP contribution in [0.3, 0.4) is 0 Å². The number of fused-ring (bicyclic) bond motifs is 5. The number of ether oxygens (including phenoxy) is 1. The van der Waals surface area contributed by atoms with E-state index >= 15 is 0 Å². The Morgan fingerprint density at radius 2 is 1.27 bits per heavy atom. The van der Waals surface area contributed by atoms with Crippen molar-refractivity contribution in [1.82, 2.24) is 0 Å². The smallest absolute Gasteiger partial charge is 0.335 e. The Morgan fingerprint density at radius 1 is 0.659 bits per heavy atom. The lowest BCUT2D eigenvalue weighted by atomic mass is 9.89. The number of anilines is 2. The normalized spacial score (nSPS) is 22.2. The Hall–Kier alpha value is -5.30. The fourth-order valence-corrected chi connectivity index (χ4v) is 6.22. The van der Waals surface area contributed by atoms with E-state index in [9.17, 15) is 19.2 Å². The van der Waals surface area contributed by atoms with Crippen LogP contribution < -0.4 is 14.5 Å². The molecule has 41 heavy (non-hydrogen) atoms. The lowest BCUT2D eigenvalue weighted by molar-refractivity contribution is -0.139. The van der Waals surface area contributed by atoms with Gasteiger partial charge in [-0.15, -0.1) is 0 Å². The minimum Gasteiger partial charge on any atom is -0.425 e. The number of imide groups is 1. The van der Waals surface area contributed by atoms with Gasteiger partial charge in [0, 0.05) is 16.8 Å². The van der Waals surface area contributed by atoms with Gasteiger partial charge in [-0.2, -0.15) is 0 Å². The van der Waals surface area contributed by atoms with Crippen LogP contribution in [0.5, 0.6) is 5.75 Å². The summed E-state index contributed by atoms with van der Waals surface area (Å²) in [6.45, 7) is 0. The third kappa shape index (κ3) is 3.97. The van der Waals surface area contributed by atoms with Crippen molar-refractivity contribution in [2.75, 3.05) is 9.80 Å². The summed E-state index contributed by atoms with van der Waals surface area (Å²) in [7, 11) is 0. The lowest BCUT2D eigenvalue weighted by Crippen LogP contribution is -2.50. The van der Waals surface area contributed by atoms with E-state index in [1.165, 1.54) is 4.90 Å². The molecule has 0 bridgehead atoms. The zero-order valence-corrected chi connectivity index (χ0v) is 21.8. The molecule has 0 saturated carbocycles. The Bertz CT molecular complexity index is 1720. The Morgan fingerprint density at radius 3 is 2.00 bits per heavy atom. The predicted molar refractivity (Wildman–Crippen MR) is 153 cm³/mol. The summed E-state index contributed by atoms with van der Waals surface area (Å²) in [4.78, 5) is 57.4. The summed E-state index contributed by atoms with van der Waals surface area (Å²) in [5.41, 5.74) is 3.17. The first-order valence-electron chi connectivity index (χ1n) is 13.4. The molecule has 3 aliphatic heterocycles. The molecule has 7 nitrogen and oxygen atoms in total. The van der Waals surface area contributed by atoms with Gasteiger partial charge < -0.3 is 9.64 Å². The number of benzene rings is 4. The van der Waals surface area contributed by atoms with Crippen molar-refractivity contribution in [2.24, 2.45) is 11.8 Å². The minimum absolute atomic E-state index is 0.141. The summed E-state index contributed by atoms with van der Waals surface area (Å²) in [6.07, 6.45) is 3.84. The molecule has 0 N–H and O–H groups in total. The number of rotatable bonds is 5. The molecule has 0 aliphatic carbocycles. The van der Waals surface area contributed by atoms with Gasteiger partial charge in [0.15, 0.2) is 5.78 Å². The van der Waals surface area contributed by atoms with Crippen LogP contribution in [0.25, 0.3) is 6.08 Å². The second-order valence-corrected chi connectivity index (χ2v) is 10.3. The zero-order chi connectivity index (χ0) is 28.1. The Labute approximate surface area is 236 Å². The Kier molecular flexibility index (Phi) is 5.86. The van der Waals surface area contributed by atoms with E-state index in [-0.39, 0.29) is 17.4 Å². The third-order valence-corrected chi connectivity index (χ3v) is 8.04. The standard InChI is InChI=1S/C34H24N2O5/c37-31(22-10-3-1-4-11-22)23-15-18-25(19-16-23)41-34(40)30-29-28(27-20-17-21-9-7-8-14-26(21)36(27)30)32(38)35(33(29)39)24-12-5-2-6-13-24/h1-20,27-30H/t27-,28-,29-,30+/m0/s1. The molecule has 0 aromatic heterocycles. The van der Waals surface area contributed by atoms with E-state index in [4.69, 9.17) is 4.74 Å². The molecule has 200 valence electrons. The second kappa shape index (κ2) is 9.71. The van der Waals surface area contributed by atoms with Crippen LogP contribution in [0.4, 0.5) is 11.4 Å². The first-order valence-corrected chi connectivity index (χ1v) is 13.4. The topological polar surface area (TPSA) is 84.0 Å². The summed E-state index contributed by atoms with van der Waals surface area (Å²) in [6, 6.07) is 30.2. The Balaban J connectivity index is 1.22. The number of nitrogens with zero attached hydrogens (tertiary/aromatic N) is 2. The molecule has 2 amide bonds. The van der Waals surface area contributed by atoms with Crippen molar-refractivity contribution >= 4 is 41.0 Å². The van der Waals surface area contributed by atoms with E-state index in [2.05, 4.69) is 0 Å². The van der Waals surface area contributed by atoms with Crippen LogP contribution in [0.2, 0.25) is 0 Å². The molecule has 3 aliphatic rings. The van der Waals surface area contributed by atoms with Gasteiger partial charge in [0.2, 0.25) is 11.8 Å². The lowest BCUT2D eigenvalue weighted by Gasteiger charge is -2.36. The highest BCUT2D eigenvalue weighted by atomic mass is 16.5. The highest BCUT2D eigenvalue weighted by Gasteiger charge is 2.65. The predicted octanol–water partition coefficient (Wildman–Crippen LogP) is 4.91. The average molecular weight is 541 g/mol. The van der Waals surface area contributed by atoms with Gasteiger partial charge in [0.1, 0.15) is 11.8 Å². The number of para-hydroxylation sites is 2. The van der Waals surface area contributed by atoms with Crippen molar-refractivity contribution in [2.45, 2.75) is 12.1 Å². The molecule has 3 heterocycles. The first kappa shape index (κ1) is 24.7. The van der Waals surface area contributed by atoms with Gasteiger partial charge in [-0.3, -0.25) is 14.4 Å². The van der Waals surface area contributed by atoms with E-state index in [0.717, 1.165) is 11.3 Å². The molecule has 7 heteroatoms. The third-order valence-electron chi connectivity index (χ3n) is 8.04. The maximum Gasteiger partial charge on any atom is 0.335 e. The summed E-state index contributed by atoms with van der Waals surface area (Å²) < 4.78 is 5.84. The number of amides is 2. The molecule has 4 aromatic carbocycles. The number of esters is 1. The highest BCUT2D eigenvalue weighted by Crippen LogP contribution is 2.49. The van der Waals surface area contributed by atoms with Gasteiger partial charge in [-0.05, 0) is 48.0 Å².